The van der Waals surface area contributed by atoms with Gasteiger partial charge in [0, 0.05) is 38.2 Å². The molecule has 0 saturated carbocycles. The van der Waals surface area contributed by atoms with Gasteiger partial charge in [0.1, 0.15) is 11.5 Å². The molecule has 1 N–H and O–H groups in total. The fourth-order valence-electron chi connectivity index (χ4n) is 3.38. The summed E-state index contributed by atoms with van der Waals surface area (Å²) in [6, 6.07) is 3.82. The normalized spacial score (nSPS) is 23.1. The van der Waals surface area contributed by atoms with Gasteiger partial charge in [0.05, 0.1) is 30.8 Å². The van der Waals surface area contributed by atoms with E-state index in [4.69, 9.17) is 9.47 Å². The summed E-state index contributed by atoms with van der Waals surface area (Å²) < 4.78 is 24.2. The topological polar surface area (TPSA) is 76.9 Å². The SMILES string of the molecule is O=[N+]([O-])c1cc(F)ccc1NC[C@@H]([C@H]1CCOC1)N1CCOCC1. The van der Waals surface area contributed by atoms with Crippen LogP contribution >= 0.6 is 0 Å². The molecule has 2 atom stereocenters. The first-order chi connectivity index (χ1) is 11.6. The van der Waals surface area contributed by atoms with Gasteiger partial charge < -0.3 is 14.8 Å². The number of nitrogens with zero attached hydrogens (tertiary/aromatic N) is 2. The summed E-state index contributed by atoms with van der Waals surface area (Å²) in [7, 11) is 0. The molecule has 0 spiro atoms. The predicted octanol–water partition coefficient (Wildman–Crippen LogP) is 1.88. The lowest BCUT2D eigenvalue weighted by molar-refractivity contribution is -0.384. The Kier molecular flexibility index (Phi) is 5.60. The van der Waals surface area contributed by atoms with Crippen LogP contribution in [-0.4, -0.2) is 61.9 Å². The molecule has 8 heteroatoms. The number of halogens is 1. The van der Waals surface area contributed by atoms with E-state index in [1.807, 2.05) is 0 Å². The Balaban J connectivity index is 1.72. The molecule has 1 aromatic carbocycles. The monoisotopic (exact) mass is 339 g/mol. The molecular weight excluding hydrogens is 317 g/mol. The van der Waals surface area contributed by atoms with Crippen LogP contribution in [0.15, 0.2) is 18.2 Å². The van der Waals surface area contributed by atoms with E-state index in [-0.39, 0.29) is 11.7 Å². The van der Waals surface area contributed by atoms with E-state index >= 15 is 0 Å². The Morgan fingerprint density at radius 3 is 2.79 bits per heavy atom. The van der Waals surface area contributed by atoms with Crippen molar-refractivity contribution in [3.05, 3.63) is 34.1 Å². The number of morpholine rings is 1. The average molecular weight is 339 g/mol. The van der Waals surface area contributed by atoms with Crippen molar-refractivity contribution in [2.45, 2.75) is 12.5 Å². The summed E-state index contributed by atoms with van der Waals surface area (Å²) in [6.07, 6.45) is 0.981. The van der Waals surface area contributed by atoms with Crippen molar-refractivity contribution in [2.75, 3.05) is 51.4 Å². The Labute approximate surface area is 139 Å². The second-order valence-corrected chi connectivity index (χ2v) is 6.14. The number of anilines is 1. The lowest BCUT2D eigenvalue weighted by Crippen LogP contribution is -2.50. The minimum atomic E-state index is -0.610. The fraction of sp³-hybridized carbons (Fsp3) is 0.625. The molecule has 0 aromatic heterocycles. The van der Waals surface area contributed by atoms with Crippen molar-refractivity contribution in [3.63, 3.8) is 0 Å². The van der Waals surface area contributed by atoms with Crippen molar-refractivity contribution >= 4 is 11.4 Å². The predicted molar refractivity (Wildman–Crippen MR) is 86.7 cm³/mol. The molecule has 2 aliphatic heterocycles. The summed E-state index contributed by atoms with van der Waals surface area (Å²) in [5.41, 5.74) is 0.108. The van der Waals surface area contributed by atoms with Crippen molar-refractivity contribution in [3.8, 4) is 0 Å². The highest BCUT2D eigenvalue weighted by molar-refractivity contribution is 5.61. The first-order valence-electron chi connectivity index (χ1n) is 8.22. The van der Waals surface area contributed by atoms with Crippen molar-refractivity contribution in [1.82, 2.24) is 4.90 Å². The maximum absolute atomic E-state index is 13.3. The molecule has 132 valence electrons. The first kappa shape index (κ1) is 17.1. The van der Waals surface area contributed by atoms with Gasteiger partial charge in [0.2, 0.25) is 0 Å². The lowest BCUT2D eigenvalue weighted by Gasteiger charge is -2.37. The van der Waals surface area contributed by atoms with E-state index in [0.29, 0.717) is 38.0 Å². The van der Waals surface area contributed by atoms with Crippen molar-refractivity contribution < 1.29 is 18.8 Å². The molecule has 2 aliphatic rings. The molecule has 2 saturated heterocycles. The maximum atomic E-state index is 13.3. The highest BCUT2D eigenvalue weighted by Crippen LogP contribution is 2.27. The Bertz CT molecular complexity index is 574. The molecule has 24 heavy (non-hydrogen) atoms. The van der Waals surface area contributed by atoms with E-state index < -0.39 is 10.7 Å². The molecule has 3 rings (SSSR count). The Morgan fingerprint density at radius 1 is 1.33 bits per heavy atom. The summed E-state index contributed by atoms with van der Waals surface area (Å²) in [4.78, 5) is 12.9. The Hall–Kier alpha value is -1.77. The summed E-state index contributed by atoms with van der Waals surface area (Å²) >= 11 is 0. The zero-order chi connectivity index (χ0) is 16.9. The average Bonchev–Trinajstić information content (AvgIpc) is 3.11. The van der Waals surface area contributed by atoms with Gasteiger partial charge in [0.25, 0.3) is 5.69 Å². The molecule has 0 amide bonds. The summed E-state index contributed by atoms with van der Waals surface area (Å²) in [5, 5.41) is 14.3. The van der Waals surface area contributed by atoms with Crippen LogP contribution in [0.4, 0.5) is 15.8 Å². The van der Waals surface area contributed by atoms with Gasteiger partial charge in [-0.15, -0.1) is 0 Å². The third-order valence-corrected chi connectivity index (χ3v) is 4.68. The van der Waals surface area contributed by atoms with Gasteiger partial charge in [0.15, 0.2) is 0 Å². The molecular formula is C16H22FN3O4. The van der Waals surface area contributed by atoms with Crippen LogP contribution in [0.5, 0.6) is 0 Å². The third-order valence-electron chi connectivity index (χ3n) is 4.68. The van der Waals surface area contributed by atoms with E-state index in [1.54, 1.807) is 0 Å². The smallest absolute Gasteiger partial charge is 0.295 e. The molecule has 0 unspecified atom stereocenters. The van der Waals surface area contributed by atoms with E-state index in [2.05, 4.69) is 10.2 Å². The molecule has 0 bridgehead atoms. The Morgan fingerprint density at radius 2 is 2.12 bits per heavy atom. The van der Waals surface area contributed by atoms with E-state index in [1.165, 1.54) is 12.1 Å². The summed E-state index contributed by atoms with van der Waals surface area (Å²) in [6.45, 7) is 5.09. The number of ether oxygens (including phenoxy) is 2. The van der Waals surface area contributed by atoms with Gasteiger partial charge >= 0.3 is 0 Å². The molecule has 1 aromatic rings. The summed E-state index contributed by atoms with van der Waals surface area (Å²) in [5.74, 6) is -0.226. The number of benzene rings is 1. The molecule has 0 radical (unpaired) electrons. The van der Waals surface area contributed by atoms with Gasteiger partial charge in [-0.05, 0) is 18.6 Å². The van der Waals surface area contributed by atoms with Gasteiger partial charge in [-0.1, -0.05) is 0 Å². The quantitative estimate of drug-likeness (QED) is 0.630. The van der Waals surface area contributed by atoms with Crippen molar-refractivity contribution in [2.24, 2.45) is 5.92 Å². The van der Waals surface area contributed by atoms with Crippen LogP contribution in [-0.2, 0) is 9.47 Å². The minimum absolute atomic E-state index is 0.209. The minimum Gasteiger partial charge on any atom is -0.381 e. The van der Waals surface area contributed by atoms with Crippen LogP contribution < -0.4 is 5.32 Å². The van der Waals surface area contributed by atoms with Crippen LogP contribution in [0.1, 0.15) is 6.42 Å². The van der Waals surface area contributed by atoms with E-state index in [0.717, 1.165) is 32.2 Å². The first-order valence-corrected chi connectivity index (χ1v) is 8.22. The van der Waals surface area contributed by atoms with Crippen LogP contribution in [0, 0.1) is 21.8 Å². The van der Waals surface area contributed by atoms with Gasteiger partial charge in [-0.25, -0.2) is 4.39 Å². The van der Waals surface area contributed by atoms with Crippen LogP contribution in [0.2, 0.25) is 0 Å². The fourth-order valence-corrected chi connectivity index (χ4v) is 3.38. The number of nitrogens with one attached hydrogen (secondary N) is 1. The second-order valence-electron chi connectivity index (χ2n) is 6.14. The second kappa shape index (κ2) is 7.87. The highest BCUT2D eigenvalue weighted by atomic mass is 19.1. The number of nitro benzene ring substituents is 1. The zero-order valence-electron chi connectivity index (χ0n) is 13.4. The zero-order valence-corrected chi connectivity index (χ0v) is 13.4. The molecule has 0 aliphatic carbocycles. The molecule has 2 fully saturated rings. The lowest BCUT2D eigenvalue weighted by atomic mass is 9.96. The molecule has 2 heterocycles. The number of rotatable bonds is 6. The maximum Gasteiger partial charge on any atom is 0.295 e. The van der Waals surface area contributed by atoms with Crippen LogP contribution in [0.25, 0.3) is 0 Å². The third kappa shape index (κ3) is 4.00. The van der Waals surface area contributed by atoms with Gasteiger partial charge in [-0.3, -0.25) is 15.0 Å². The number of nitro groups is 1. The highest BCUT2D eigenvalue weighted by Gasteiger charge is 2.31. The standard InChI is InChI=1S/C16H22FN3O4/c17-13-1-2-14(15(9-13)20(21)22)18-10-16(12-3-6-24-11-12)19-4-7-23-8-5-19/h1-2,9,12,16,18H,3-8,10-11H2/t12-,16-/m0/s1. The molecule has 7 nitrogen and oxygen atoms in total. The van der Waals surface area contributed by atoms with Crippen molar-refractivity contribution in [1.29, 1.82) is 0 Å². The number of hydrogen-bond acceptors (Lipinski definition) is 6. The van der Waals surface area contributed by atoms with E-state index in [9.17, 15) is 14.5 Å². The number of hydrogen-bond donors (Lipinski definition) is 1. The van der Waals surface area contributed by atoms with Gasteiger partial charge in [-0.2, -0.15) is 0 Å². The largest absolute Gasteiger partial charge is 0.381 e. The van der Waals surface area contributed by atoms with Crippen LogP contribution in [0.3, 0.4) is 0 Å².